The molecule has 312 valence electrons. The highest BCUT2D eigenvalue weighted by atomic mass is 32.2. The summed E-state index contributed by atoms with van der Waals surface area (Å²) in [6.45, 7) is 7.47. The normalized spacial score (nSPS) is 19.0. The zero-order chi connectivity index (χ0) is 41.0. The molecule has 2 aromatic heterocycles. The van der Waals surface area contributed by atoms with Gasteiger partial charge in [0.05, 0.1) is 5.56 Å². The molecule has 0 radical (unpaired) electrons. The van der Waals surface area contributed by atoms with Gasteiger partial charge in [-0.1, -0.05) is 31.4 Å². The van der Waals surface area contributed by atoms with E-state index in [0.717, 1.165) is 125 Å². The average Bonchev–Trinajstić information content (AvgIpc) is 3.60. The second-order valence-electron chi connectivity index (χ2n) is 16.0. The molecule has 3 saturated heterocycles. The fourth-order valence-electron chi connectivity index (χ4n) is 8.47. The number of benzene rings is 1. The number of unbranched alkanes of at least 4 members (excludes halogenated alkanes) is 3. The number of anilines is 1. The molecular formula is C45H56N8O5S. The maximum absolute atomic E-state index is 13.3. The molecule has 0 aliphatic carbocycles. The molecular weight excluding hydrogens is 765 g/mol. The number of carbonyl (C=O) groups is 5. The summed E-state index contributed by atoms with van der Waals surface area (Å²) in [5.74, 6) is 1.69. The molecule has 0 spiro atoms. The lowest BCUT2D eigenvalue weighted by Crippen LogP contribution is -2.52. The van der Waals surface area contributed by atoms with Gasteiger partial charge in [0.2, 0.25) is 17.7 Å². The van der Waals surface area contributed by atoms with E-state index in [4.69, 9.17) is 4.98 Å². The highest BCUT2D eigenvalue weighted by Crippen LogP contribution is 2.35. The lowest BCUT2D eigenvalue weighted by Gasteiger charge is -2.35. The number of imide groups is 1. The van der Waals surface area contributed by atoms with Crippen LogP contribution in [-0.2, 0) is 20.9 Å². The summed E-state index contributed by atoms with van der Waals surface area (Å²) in [4.78, 5) is 80.8. The Hall–Kier alpha value is -5.08. The van der Waals surface area contributed by atoms with Crippen molar-refractivity contribution < 1.29 is 24.0 Å². The Morgan fingerprint density at radius 3 is 2.49 bits per heavy atom. The predicted molar refractivity (Wildman–Crippen MR) is 229 cm³/mol. The summed E-state index contributed by atoms with van der Waals surface area (Å²) in [6.07, 6.45) is 17.6. The van der Waals surface area contributed by atoms with Gasteiger partial charge in [0.1, 0.15) is 11.9 Å². The van der Waals surface area contributed by atoms with Gasteiger partial charge in [-0.2, -0.15) is 0 Å². The van der Waals surface area contributed by atoms with Gasteiger partial charge < -0.3 is 20.0 Å². The summed E-state index contributed by atoms with van der Waals surface area (Å²) in [5.41, 5.74) is 3.21. The molecule has 0 saturated carbocycles. The molecule has 59 heavy (non-hydrogen) atoms. The standard InChI is InChI=1S/C45H56N8O5S/c54-41(16-12-34-9-7-20-46-30-34)47-21-3-2-8-33-18-23-52(24-19-33)44(57)35-13-15-40(48-31-35)51-27-25-50(26-28-51)22-4-1-5-29-59-39-11-6-10-36-37(39)32-53(45(36)58)38-14-17-42(55)49-43(38)56/h6-7,9-13,15-16,20,30-31,33,38H,1-5,8,14,17-19,21-29,32H2,(H,47,54)(H,49,55,56)/b16-12+. The third-order valence-electron chi connectivity index (χ3n) is 12.0. The summed E-state index contributed by atoms with van der Waals surface area (Å²) < 4.78 is 0. The molecule has 14 heteroatoms. The summed E-state index contributed by atoms with van der Waals surface area (Å²) in [6, 6.07) is 12.9. The van der Waals surface area contributed by atoms with Crippen molar-refractivity contribution in [2.45, 2.75) is 81.7 Å². The van der Waals surface area contributed by atoms with Crippen LogP contribution in [0.5, 0.6) is 0 Å². The first-order valence-corrected chi connectivity index (χ1v) is 22.3. The number of piperidine rings is 2. The van der Waals surface area contributed by atoms with Crippen LogP contribution >= 0.6 is 11.8 Å². The van der Waals surface area contributed by atoms with Gasteiger partial charge in [-0.15, -0.1) is 11.8 Å². The van der Waals surface area contributed by atoms with E-state index in [2.05, 4.69) is 31.5 Å². The molecule has 13 nitrogen and oxygen atoms in total. The molecule has 1 unspecified atom stereocenters. The van der Waals surface area contributed by atoms with Crippen molar-refractivity contribution >= 4 is 53.2 Å². The van der Waals surface area contributed by atoms with Crippen LogP contribution in [0.4, 0.5) is 5.82 Å². The first-order valence-electron chi connectivity index (χ1n) is 21.3. The smallest absolute Gasteiger partial charge is 0.255 e. The Balaban J connectivity index is 0.736. The number of nitrogens with zero attached hydrogens (tertiary/aromatic N) is 6. The Kier molecular flexibility index (Phi) is 14.8. The van der Waals surface area contributed by atoms with E-state index in [-0.39, 0.29) is 36.0 Å². The number of hydrogen-bond donors (Lipinski definition) is 2. The van der Waals surface area contributed by atoms with E-state index >= 15 is 0 Å². The van der Waals surface area contributed by atoms with Crippen LogP contribution in [-0.4, -0.2) is 118 Å². The minimum absolute atomic E-state index is 0.0620. The van der Waals surface area contributed by atoms with Gasteiger partial charge in [-0.05, 0) is 104 Å². The fourth-order valence-corrected chi connectivity index (χ4v) is 9.56. The SMILES string of the molecule is O=C(/C=C/c1cccnc1)NCCCCC1CCN(C(=O)c2ccc(N3CCN(CCCCCSc4cccc5c4CN(C4CCC(=O)NC4=O)C5=O)CC3)nc2)CC1. The Labute approximate surface area is 351 Å². The summed E-state index contributed by atoms with van der Waals surface area (Å²) in [5, 5.41) is 5.34. The zero-order valence-corrected chi connectivity index (χ0v) is 34.7. The Bertz CT molecular complexity index is 1960. The summed E-state index contributed by atoms with van der Waals surface area (Å²) >= 11 is 1.78. The number of piperazine rings is 1. The molecule has 5 amide bonds. The number of carbonyl (C=O) groups excluding carboxylic acids is 5. The van der Waals surface area contributed by atoms with Crippen LogP contribution in [0.1, 0.15) is 96.1 Å². The van der Waals surface area contributed by atoms with Crippen LogP contribution in [0.15, 0.2) is 72.0 Å². The van der Waals surface area contributed by atoms with Crippen LogP contribution < -0.4 is 15.5 Å². The quantitative estimate of drug-likeness (QED) is 0.0809. The van der Waals surface area contributed by atoms with Crippen molar-refractivity contribution in [1.82, 2.24) is 35.3 Å². The van der Waals surface area contributed by atoms with Gasteiger partial charge in [-0.3, -0.25) is 39.2 Å². The molecule has 2 N–H and O–H groups in total. The molecule has 4 aliphatic heterocycles. The number of fused-ring (bicyclic) bond motifs is 1. The lowest BCUT2D eigenvalue weighted by molar-refractivity contribution is -0.137. The topological polar surface area (TPSA) is 148 Å². The van der Waals surface area contributed by atoms with E-state index in [1.807, 2.05) is 41.3 Å². The number of nitrogens with one attached hydrogen (secondary N) is 2. The second kappa shape index (κ2) is 20.7. The molecule has 6 heterocycles. The number of aromatic nitrogens is 2. The minimum atomic E-state index is -0.593. The number of pyridine rings is 2. The van der Waals surface area contributed by atoms with Crippen LogP contribution in [0.2, 0.25) is 0 Å². The van der Waals surface area contributed by atoms with Crippen LogP contribution in [0.3, 0.4) is 0 Å². The highest BCUT2D eigenvalue weighted by molar-refractivity contribution is 7.99. The van der Waals surface area contributed by atoms with Crippen LogP contribution in [0, 0.1) is 5.92 Å². The molecule has 4 aliphatic rings. The van der Waals surface area contributed by atoms with Gasteiger partial charge in [0.15, 0.2) is 0 Å². The van der Waals surface area contributed by atoms with E-state index in [1.165, 1.54) is 0 Å². The Morgan fingerprint density at radius 2 is 1.73 bits per heavy atom. The van der Waals surface area contributed by atoms with Crippen molar-refractivity contribution in [3.8, 4) is 0 Å². The van der Waals surface area contributed by atoms with Gasteiger partial charge in [-0.25, -0.2) is 4.98 Å². The van der Waals surface area contributed by atoms with Gasteiger partial charge in [0, 0.05) is 93.9 Å². The minimum Gasteiger partial charge on any atom is -0.354 e. The van der Waals surface area contributed by atoms with Gasteiger partial charge in [0.25, 0.3) is 11.8 Å². The molecule has 7 rings (SSSR count). The third-order valence-corrected chi connectivity index (χ3v) is 13.1. The third kappa shape index (κ3) is 11.4. The average molecular weight is 821 g/mol. The number of amides is 5. The van der Waals surface area contributed by atoms with Crippen molar-refractivity contribution in [3.05, 3.63) is 89.4 Å². The number of likely N-dealkylation sites (tertiary alicyclic amines) is 1. The number of rotatable bonds is 17. The lowest BCUT2D eigenvalue weighted by atomic mass is 9.91. The predicted octanol–water partition coefficient (Wildman–Crippen LogP) is 5.17. The van der Waals surface area contributed by atoms with Gasteiger partial charge >= 0.3 is 0 Å². The first-order chi connectivity index (χ1) is 28.8. The molecule has 1 aromatic carbocycles. The fraction of sp³-hybridized carbons (Fsp3) is 0.489. The van der Waals surface area contributed by atoms with E-state index in [9.17, 15) is 24.0 Å². The number of thioether (sulfide) groups is 1. The van der Waals surface area contributed by atoms with Crippen molar-refractivity contribution in [2.75, 3.05) is 63.0 Å². The monoisotopic (exact) mass is 820 g/mol. The first kappa shape index (κ1) is 42.1. The maximum Gasteiger partial charge on any atom is 0.255 e. The largest absolute Gasteiger partial charge is 0.354 e. The molecule has 3 fully saturated rings. The van der Waals surface area contributed by atoms with Crippen molar-refractivity contribution in [1.29, 1.82) is 0 Å². The Morgan fingerprint density at radius 1 is 0.881 bits per heavy atom. The number of hydrogen-bond acceptors (Lipinski definition) is 10. The van der Waals surface area contributed by atoms with E-state index in [0.29, 0.717) is 36.6 Å². The zero-order valence-electron chi connectivity index (χ0n) is 33.9. The van der Waals surface area contributed by atoms with E-state index < -0.39 is 6.04 Å². The maximum atomic E-state index is 13.3. The van der Waals surface area contributed by atoms with E-state index in [1.54, 1.807) is 47.4 Å². The second-order valence-corrected chi connectivity index (χ2v) is 17.1. The summed E-state index contributed by atoms with van der Waals surface area (Å²) in [7, 11) is 0. The van der Waals surface area contributed by atoms with Crippen molar-refractivity contribution in [2.24, 2.45) is 5.92 Å². The highest BCUT2D eigenvalue weighted by Gasteiger charge is 2.39. The molecule has 3 aromatic rings. The van der Waals surface area contributed by atoms with Crippen molar-refractivity contribution in [3.63, 3.8) is 0 Å². The van der Waals surface area contributed by atoms with Crippen LogP contribution in [0.25, 0.3) is 6.08 Å². The molecule has 1 atom stereocenters. The molecule has 0 bridgehead atoms.